The smallest absolute Gasteiger partial charge is 0.226 e. The van der Waals surface area contributed by atoms with E-state index in [9.17, 15) is 5.11 Å². The molecule has 1 saturated carbocycles. The van der Waals surface area contributed by atoms with Gasteiger partial charge in [0, 0.05) is 0 Å². The Labute approximate surface area is 96.1 Å². The largest absolute Gasteiger partial charge is 0.394 e. The van der Waals surface area contributed by atoms with Crippen LogP contribution in [0.1, 0.15) is 12.8 Å². The fraction of sp³-hybridized carbons (Fsp3) is 0.444. The molecule has 0 radical (unpaired) electrons. The fourth-order valence-electron chi connectivity index (χ4n) is 1.63. The lowest BCUT2D eigenvalue weighted by atomic mass is 10.3. The van der Waals surface area contributed by atoms with Crippen molar-refractivity contribution >= 4 is 28.5 Å². The number of halogens is 1. The second-order valence-corrected chi connectivity index (χ2v) is 4.38. The van der Waals surface area contributed by atoms with E-state index in [1.165, 1.54) is 0 Å². The molecule has 0 atom stereocenters. The Morgan fingerprint density at radius 3 is 3.00 bits per heavy atom. The highest BCUT2D eigenvalue weighted by Gasteiger charge is 2.42. The molecule has 0 aliphatic heterocycles. The van der Waals surface area contributed by atoms with Crippen LogP contribution in [-0.2, 0) is 0 Å². The summed E-state index contributed by atoms with van der Waals surface area (Å²) in [6.45, 7) is 0.0912. The molecule has 2 aromatic heterocycles. The van der Waals surface area contributed by atoms with Crippen LogP contribution in [0, 0.1) is 0 Å². The van der Waals surface area contributed by atoms with Crippen molar-refractivity contribution in [3.63, 3.8) is 0 Å². The molecule has 1 aliphatic carbocycles. The average molecular weight is 240 g/mol. The number of anilines is 1. The molecular weight excluding hydrogens is 230 g/mol. The van der Waals surface area contributed by atoms with Gasteiger partial charge in [0.1, 0.15) is 5.82 Å². The molecule has 84 valence electrons. The summed E-state index contributed by atoms with van der Waals surface area (Å²) < 4.78 is 0. The summed E-state index contributed by atoms with van der Waals surface area (Å²) in [4.78, 5) is 8.13. The highest BCUT2D eigenvalue weighted by molar-refractivity contribution is 6.28. The van der Waals surface area contributed by atoms with Crippen LogP contribution >= 0.6 is 11.6 Å². The van der Waals surface area contributed by atoms with E-state index in [0.717, 1.165) is 18.2 Å². The molecule has 7 heteroatoms. The monoisotopic (exact) mass is 239 g/mol. The minimum absolute atomic E-state index is 0.0912. The van der Waals surface area contributed by atoms with Crippen molar-refractivity contribution in [2.24, 2.45) is 0 Å². The molecule has 16 heavy (non-hydrogen) atoms. The van der Waals surface area contributed by atoms with Crippen molar-refractivity contribution in [1.29, 1.82) is 0 Å². The molecule has 0 saturated heterocycles. The zero-order chi connectivity index (χ0) is 11.2. The Bertz CT molecular complexity index is 536. The van der Waals surface area contributed by atoms with Gasteiger partial charge in [-0.2, -0.15) is 15.1 Å². The fourth-order valence-corrected chi connectivity index (χ4v) is 1.80. The van der Waals surface area contributed by atoms with Gasteiger partial charge in [-0.3, -0.25) is 5.10 Å². The first kappa shape index (κ1) is 9.80. The number of hydrogen-bond donors (Lipinski definition) is 3. The van der Waals surface area contributed by atoms with E-state index in [1.807, 2.05) is 0 Å². The van der Waals surface area contributed by atoms with E-state index >= 15 is 0 Å². The van der Waals surface area contributed by atoms with Crippen molar-refractivity contribution in [2.45, 2.75) is 18.4 Å². The number of fused-ring (bicyclic) bond motifs is 1. The van der Waals surface area contributed by atoms with Crippen LogP contribution in [-0.4, -0.2) is 37.4 Å². The van der Waals surface area contributed by atoms with Crippen LogP contribution in [0.3, 0.4) is 0 Å². The van der Waals surface area contributed by atoms with Gasteiger partial charge in [-0.1, -0.05) is 0 Å². The molecule has 2 heterocycles. The van der Waals surface area contributed by atoms with Gasteiger partial charge in [-0.25, -0.2) is 0 Å². The third-order valence-corrected chi connectivity index (χ3v) is 2.99. The van der Waals surface area contributed by atoms with Crippen LogP contribution in [0.2, 0.25) is 5.28 Å². The number of H-pyrrole nitrogens is 1. The van der Waals surface area contributed by atoms with Crippen LogP contribution in [0.25, 0.3) is 11.0 Å². The quantitative estimate of drug-likeness (QED) is 0.694. The predicted molar refractivity (Wildman–Crippen MR) is 59.4 cm³/mol. The van der Waals surface area contributed by atoms with Gasteiger partial charge in [0.2, 0.25) is 5.28 Å². The summed E-state index contributed by atoms with van der Waals surface area (Å²) in [5.74, 6) is 0.621. The normalized spacial score (nSPS) is 17.6. The summed E-state index contributed by atoms with van der Waals surface area (Å²) in [7, 11) is 0. The number of aliphatic hydroxyl groups excluding tert-OH is 1. The van der Waals surface area contributed by atoms with Crippen molar-refractivity contribution < 1.29 is 5.11 Å². The summed E-state index contributed by atoms with van der Waals surface area (Å²) in [5, 5.41) is 20.0. The Morgan fingerprint density at radius 2 is 2.31 bits per heavy atom. The minimum Gasteiger partial charge on any atom is -0.394 e. The van der Waals surface area contributed by atoms with Gasteiger partial charge in [0.15, 0.2) is 5.65 Å². The molecule has 1 aliphatic rings. The summed E-state index contributed by atoms with van der Waals surface area (Å²) in [6.07, 6.45) is 3.51. The molecule has 6 nitrogen and oxygen atoms in total. The van der Waals surface area contributed by atoms with Crippen LogP contribution < -0.4 is 5.32 Å². The third kappa shape index (κ3) is 1.50. The molecular formula is C9H10ClN5O. The summed E-state index contributed by atoms with van der Waals surface area (Å²) in [5.41, 5.74) is 0.359. The topological polar surface area (TPSA) is 86.7 Å². The first-order valence-corrected chi connectivity index (χ1v) is 5.36. The Morgan fingerprint density at radius 1 is 1.50 bits per heavy atom. The maximum Gasteiger partial charge on any atom is 0.226 e. The maximum absolute atomic E-state index is 9.25. The van der Waals surface area contributed by atoms with Gasteiger partial charge in [-0.05, 0) is 24.4 Å². The van der Waals surface area contributed by atoms with E-state index in [4.69, 9.17) is 11.6 Å². The second kappa shape index (κ2) is 3.29. The summed E-state index contributed by atoms with van der Waals surface area (Å²) in [6, 6.07) is 0. The van der Waals surface area contributed by atoms with Gasteiger partial charge in [-0.15, -0.1) is 0 Å². The van der Waals surface area contributed by atoms with Crippen LogP contribution in [0.15, 0.2) is 6.20 Å². The van der Waals surface area contributed by atoms with Crippen molar-refractivity contribution in [2.75, 3.05) is 11.9 Å². The molecule has 3 N–H and O–H groups in total. The van der Waals surface area contributed by atoms with Crippen LogP contribution in [0.5, 0.6) is 0 Å². The van der Waals surface area contributed by atoms with E-state index in [0.29, 0.717) is 11.5 Å². The van der Waals surface area contributed by atoms with E-state index in [2.05, 4.69) is 25.5 Å². The first-order chi connectivity index (χ1) is 7.72. The molecule has 1 fully saturated rings. The van der Waals surface area contributed by atoms with Gasteiger partial charge in [0.05, 0.1) is 23.7 Å². The summed E-state index contributed by atoms with van der Waals surface area (Å²) >= 11 is 5.80. The molecule has 0 bridgehead atoms. The lowest BCUT2D eigenvalue weighted by molar-refractivity contribution is 0.266. The van der Waals surface area contributed by atoms with E-state index < -0.39 is 0 Å². The number of aromatic nitrogens is 4. The predicted octanol–water partition coefficient (Wildman–Crippen LogP) is 0.943. The maximum atomic E-state index is 9.25. The number of aromatic amines is 1. The number of nitrogens with one attached hydrogen (secondary N) is 2. The standard InChI is InChI=1S/C9H10ClN5O/c10-8-12-6(14-9(4-16)1-2-9)5-3-11-15-7(5)13-8/h3,16H,1-2,4H2,(H2,11,12,13,14,15). The number of hydrogen-bond acceptors (Lipinski definition) is 5. The molecule has 2 aromatic rings. The Kier molecular flexibility index (Phi) is 2.02. The van der Waals surface area contributed by atoms with E-state index in [1.54, 1.807) is 6.20 Å². The SMILES string of the molecule is OCC1(Nc2nc(Cl)nc3[nH]ncc23)CC1. The Hall–Kier alpha value is -1.40. The molecule has 3 rings (SSSR count). The lowest BCUT2D eigenvalue weighted by Gasteiger charge is -2.15. The number of rotatable bonds is 3. The average Bonchev–Trinajstić information content (AvgIpc) is 2.87. The third-order valence-electron chi connectivity index (χ3n) is 2.82. The molecule has 0 spiro atoms. The van der Waals surface area contributed by atoms with Crippen molar-refractivity contribution in [1.82, 2.24) is 20.2 Å². The molecule has 0 amide bonds. The van der Waals surface area contributed by atoms with Gasteiger partial charge < -0.3 is 10.4 Å². The highest BCUT2D eigenvalue weighted by atomic mass is 35.5. The van der Waals surface area contributed by atoms with Gasteiger partial charge >= 0.3 is 0 Å². The molecule has 0 aromatic carbocycles. The lowest BCUT2D eigenvalue weighted by Crippen LogP contribution is -2.26. The Balaban J connectivity index is 2.05. The second-order valence-electron chi connectivity index (χ2n) is 4.04. The van der Waals surface area contributed by atoms with Crippen molar-refractivity contribution in [3.05, 3.63) is 11.5 Å². The van der Waals surface area contributed by atoms with Crippen molar-refractivity contribution in [3.8, 4) is 0 Å². The minimum atomic E-state index is -0.234. The molecule has 0 unspecified atom stereocenters. The zero-order valence-corrected chi connectivity index (χ0v) is 9.12. The first-order valence-electron chi connectivity index (χ1n) is 4.98. The van der Waals surface area contributed by atoms with Gasteiger partial charge in [0.25, 0.3) is 0 Å². The zero-order valence-electron chi connectivity index (χ0n) is 8.37. The highest BCUT2D eigenvalue weighted by Crippen LogP contribution is 2.39. The van der Waals surface area contributed by atoms with Crippen LogP contribution in [0.4, 0.5) is 5.82 Å². The number of aliphatic hydroxyl groups is 1. The van der Waals surface area contributed by atoms with E-state index in [-0.39, 0.29) is 17.4 Å². The number of nitrogens with zero attached hydrogens (tertiary/aromatic N) is 3.